The number of imidazole rings is 1. The van der Waals surface area contributed by atoms with Crippen LogP contribution < -0.4 is 5.32 Å². The van der Waals surface area contributed by atoms with Crippen molar-refractivity contribution in [2.75, 3.05) is 5.32 Å². The predicted molar refractivity (Wildman–Crippen MR) is 88.4 cm³/mol. The molecule has 2 aromatic rings. The number of nitrogens with one attached hydrogen (secondary N) is 1. The summed E-state index contributed by atoms with van der Waals surface area (Å²) >= 11 is 0. The van der Waals surface area contributed by atoms with Crippen molar-refractivity contribution in [1.29, 1.82) is 0 Å². The third-order valence-electron chi connectivity index (χ3n) is 3.38. The van der Waals surface area contributed by atoms with Gasteiger partial charge >= 0.3 is 0 Å². The Labute approximate surface area is 129 Å². The van der Waals surface area contributed by atoms with Crippen LogP contribution in [0, 0.1) is 12.3 Å². The van der Waals surface area contributed by atoms with E-state index in [1.807, 2.05) is 62.6 Å². The number of hydrogen-bond acceptors (Lipinski definition) is 3. The van der Waals surface area contributed by atoms with Crippen molar-refractivity contribution in [2.24, 2.45) is 5.41 Å². The van der Waals surface area contributed by atoms with E-state index >= 15 is 0 Å². The van der Waals surface area contributed by atoms with Crippen LogP contribution in [0.15, 0.2) is 30.4 Å². The van der Waals surface area contributed by atoms with Crippen molar-refractivity contribution in [1.82, 2.24) is 14.5 Å². The third-order valence-corrected chi connectivity index (χ3v) is 3.38. The van der Waals surface area contributed by atoms with Gasteiger partial charge in [-0.2, -0.15) is 0 Å². The molecule has 2 aromatic heterocycles. The van der Waals surface area contributed by atoms with Crippen LogP contribution >= 0.6 is 0 Å². The standard InChI is InChI=1S/C17H20N4O/c1-11-8-9-13-15(18-11)21(12-6-5-7-12)16(19-13)20-14(22)10-17(2,3)4/h5-9H,10H2,1-4H3,(H,19,20,22). The van der Waals surface area contributed by atoms with E-state index in [2.05, 4.69) is 15.3 Å². The van der Waals surface area contributed by atoms with Gasteiger partial charge in [0, 0.05) is 12.1 Å². The molecule has 114 valence electrons. The third kappa shape index (κ3) is 2.79. The lowest BCUT2D eigenvalue weighted by atomic mass is 9.92. The first kappa shape index (κ1) is 14.5. The summed E-state index contributed by atoms with van der Waals surface area (Å²) in [7, 11) is 0. The van der Waals surface area contributed by atoms with Gasteiger partial charge in [0.05, 0.1) is 5.70 Å². The molecule has 2 heterocycles. The predicted octanol–water partition coefficient (Wildman–Crippen LogP) is 3.53. The van der Waals surface area contributed by atoms with Gasteiger partial charge in [0.15, 0.2) is 5.65 Å². The van der Waals surface area contributed by atoms with Crippen molar-refractivity contribution >= 4 is 28.7 Å². The van der Waals surface area contributed by atoms with E-state index in [9.17, 15) is 4.79 Å². The lowest BCUT2D eigenvalue weighted by Crippen LogP contribution is -2.21. The van der Waals surface area contributed by atoms with Gasteiger partial charge in [-0.25, -0.2) is 9.97 Å². The molecule has 0 saturated carbocycles. The Hall–Kier alpha value is -2.43. The molecule has 1 N–H and O–H groups in total. The van der Waals surface area contributed by atoms with Crippen LogP contribution in [0.1, 0.15) is 32.9 Å². The minimum Gasteiger partial charge on any atom is -0.296 e. The van der Waals surface area contributed by atoms with Gasteiger partial charge in [0.1, 0.15) is 5.52 Å². The number of carbonyl (C=O) groups is 1. The molecule has 5 nitrogen and oxygen atoms in total. The summed E-state index contributed by atoms with van der Waals surface area (Å²) in [5, 5.41) is 2.92. The maximum absolute atomic E-state index is 12.2. The zero-order valence-corrected chi connectivity index (χ0v) is 13.3. The van der Waals surface area contributed by atoms with Gasteiger partial charge in [-0.1, -0.05) is 26.8 Å². The maximum Gasteiger partial charge on any atom is 0.227 e. The molecule has 1 amide bonds. The smallest absolute Gasteiger partial charge is 0.227 e. The van der Waals surface area contributed by atoms with E-state index in [-0.39, 0.29) is 11.3 Å². The molecule has 0 aliphatic heterocycles. The van der Waals surface area contributed by atoms with E-state index in [0.29, 0.717) is 12.4 Å². The molecule has 0 unspecified atom stereocenters. The summed E-state index contributed by atoms with van der Waals surface area (Å²) in [5.74, 6) is 0.489. The first-order valence-corrected chi connectivity index (χ1v) is 7.38. The molecule has 5 heteroatoms. The van der Waals surface area contributed by atoms with Crippen molar-refractivity contribution < 1.29 is 4.79 Å². The summed E-state index contributed by atoms with van der Waals surface area (Å²) in [6.45, 7) is 8.06. The molecule has 0 fully saturated rings. The molecule has 1 aliphatic carbocycles. The molecule has 1 aliphatic rings. The highest BCUT2D eigenvalue weighted by molar-refractivity contribution is 5.93. The fourth-order valence-electron chi connectivity index (χ4n) is 2.36. The van der Waals surface area contributed by atoms with Crippen LogP contribution in [0.4, 0.5) is 5.95 Å². The van der Waals surface area contributed by atoms with Crippen LogP contribution in [0.25, 0.3) is 16.9 Å². The van der Waals surface area contributed by atoms with E-state index < -0.39 is 0 Å². The SMILES string of the molecule is Cc1ccc2nc(NC(=O)CC(C)(C)C)n(C3=CC=C3)c2n1. The van der Waals surface area contributed by atoms with Crippen LogP contribution in [0.2, 0.25) is 0 Å². The topological polar surface area (TPSA) is 59.8 Å². The number of aromatic nitrogens is 3. The molecule has 0 radical (unpaired) electrons. The van der Waals surface area contributed by atoms with Crippen molar-refractivity contribution in [3.63, 3.8) is 0 Å². The number of pyridine rings is 1. The van der Waals surface area contributed by atoms with E-state index in [0.717, 1.165) is 22.6 Å². The van der Waals surface area contributed by atoms with E-state index in [1.165, 1.54) is 0 Å². The number of rotatable bonds is 3. The lowest BCUT2D eigenvalue weighted by molar-refractivity contribution is -0.117. The largest absolute Gasteiger partial charge is 0.296 e. The highest BCUT2D eigenvalue weighted by Gasteiger charge is 2.21. The van der Waals surface area contributed by atoms with Gasteiger partial charge in [0.2, 0.25) is 11.9 Å². The highest BCUT2D eigenvalue weighted by atomic mass is 16.1. The molecule has 0 saturated heterocycles. The fraction of sp³-hybridized carbons (Fsp3) is 0.353. The Morgan fingerprint density at radius 1 is 1.27 bits per heavy atom. The van der Waals surface area contributed by atoms with Gasteiger partial charge < -0.3 is 0 Å². The normalized spacial score (nSPS) is 13.9. The second kappa shape index (κ2) is 5.09. The average Bonchev–Trinajstić information content (AvgIpc) is 2.63. The molecular formula is C17H20N4O. The number of carbonyl (C=O) groups excluding carboxylic acids is 1. The number of aryl methyl sites for hydroxylation is 1. The number of anilines is 1. The van der Waals surface area contributed by atoms with Gasteiger partial charge in [0.25, 0.3) is 0 Å². The molecule has 0 spiro atoms. The number of nitrogens with zero attached hydrogens (tertiary/aromatic N) is 3. The van der Waals surface area contributed by atoms with Gasteiger partial charge in [-0.05, 0) is 36.6 Å². The summed E-state index contributed by atoms with van der Waals surface area (Å²) in [6.07, 6.45) is 6.35. The summed E-state index contributed by atoms with van der Waals surface area (Å²) < 4.78 is 1.89. The summed E-state index contributed by atoms with van der Waals surface area (Å²) in [4.78, 5) is 21.3. The molecule has 0 bridgehead atoms. The quantitative estimate of drug-likeness (QED) is 0.942. The number of fused-ring (bicyclic) bond motifs is 1. The van der Waals surface area contributed by atoms with Crippen LogP contribution in [-0.2, 0) is 4.79 Å². The van der Waals surface area contributed by atoms with Crippen LogP contribution in [-0.4, -0.2) is 20.4 Å². The summed E-state index contributed by atoms with van der Waals surface area (Å²) in [5.41, 5.74) is 3.38. The number of amides is 1. The molecule has 22 heavy (non-hydrogen) atoms. The van der Waals surface area contributed by atoms with Crippen LogP contribution in [0.5, 0.6) is 0 Å². The molecule has 0 atom stereocenters. The average molecular weight is 296 g/mol. The zero-order valence-electron chi connectivity index (χ0n) is 13.3. The molecule has 0 aromatic carbocycles. The number of hydrogen-bond donors (Lipinski definition) is 1. The Bertz CT molecular complexity index is 806. The summed E-state index contributed by atoms with van der Waals surface area (Å²) in [6, 6.07) is 3.85. The minimum absolute atomic E-state index is 0.0373. The Morgan fingerprint density at radius 2 is 2.00 bits per heavy atom. The van der Waals surface area contributed by atoms with Crippen molar-refractivity contribution in [3.8, 4) is 0 Å². The number of allylic oxidation sites excluding steroid dienone is 4. The van der Waals surface area contributed by atoms with E-state index in [4.69, 9.17) is 0 Å². The monoisotopic (exact) mass is 296 g/mol. The zero-order chi connectivity index (χ0) is 15.9. The first-order valence-electron chi connectivity index (χ1n) is 7.38. The van der Waals surface area contributed by atoms with Crippen LogP contribution in [0.3, 0.4) is 0 Å². The lowest BCUT2D eigenvalue weighted by Gasteiger charge is -2.18. The Morgan fingerprint density at radius 3 is 2.59 bits per heavy atom. The Balaban J connectivity index is 2.00. The Kier molecular flexibility index (Phi) is 3.35. The second-order valence-electron chi connectivity index (χ2n) is 6.80. The molecule has 3 rings (SSSR count). The first-order chi connectivity index (χ1) is 10.3. The maximum atomic E-state index is 12.2. The highest BCUT2D eigenvalue weighted by Crippen LogP contribution is 2.27. The van der Waals surface area contributed by atoms with E-state index in [1.54, 1.807) is 0 Å². The van der Waals surface area contributed by atoms with Crippen molar-refractivity contribution in [3.05, 3.63) is 36.1 Å². The fourth-order valence-corrected chi connectivity index (χ4v) is 2.36. The van der Waals surface area contributed by atoms with Gasteiger partial charge in [-0.3, -0.25) is 14.7 Å². The van der Waals surface area contributed by atoms with Gasteiger partial charge in [-0.15, -0.1) is 0 Å². The minimum atomic E-state index is -0.0641. The second-order valence-corrected chi connectivity index (χ2v) is 6.80. The molecular weight excluding hydrogens is 276 g/mol. The van der Waals surface area contributed by atoms with Crippen molar-refractivity contribution in [2.45, 2.75) is 34.1 Å².